The van der Waals surface area contributed by atoms with Gasteiger partial charge >= 0.3 is 0 Å². The van der Waals surface area contributed by atoms with Crippen molar-refractivity contribution < 1.29 is 8.42 Å². The lowest BCUT2D eigenvalue weighted by Crippen LogP contribution is -2.47. The van der Waals surface area contributed by atoms with Crippen LogP contribution in [0.5, 0.6) is 0 Å². The van der Waals surface area contributed by atoms with Gasteiger partial charge in [0.05, 0.1) is 0 Å². The molecule has 1 fully saturated rings. The Bertz CT molecular complexity index is 550. The van der Waals surface area contributed by atoms with Gasteiger partial charge < -0.3 is 5.73 Å². The van der Waals surface area contributed by atoms with E-state index in [-0.39, 0.29) is 12.5 Å². The molecular weight excluding hydrogens is 342 g/mol. The molecule has 1 aliphatic heterocycles. The van der Waals surface area contributed by atoms with Crippen LogP contribution in [-0.4, -0.2) is 32.4 Å². The predicted octanol–water partition coefficient (Wildman–Crippen LogP) is 1.45. The Kier molecular flexibility index (Phi) is 5.57. The van der Waals surface area contributed by atoms with E-state index in [0.29, 0.717) is 19.6 Å². The van der Waals surface area contributed by atoms with E-state index in [2.05, 4.69) is 20.7 Å². The normalized spacial score (nSPS) is 21.0. The summed E-state index contributed by atoms with van der Waals surface area (Å²) in [5.74, 6) is 0.267. The van der Waals surface area contributed by atoms with E-state index in [1.54, 1.807) is 0 Å². The summed E-state index contributed by atoms with van der Waals surface area (Å²) in [6.07, 6.45) is 1.88. The van der Waals surface area contributed by atoms with Gasteiger partial charge in [0.2, 0.25) is 0 Å². The average molecular weight is 362 g/mol. The third kappa shape index (κ3) is 4.02. The van der Waals surface area contributed by atoms with Crippen LogP contribution in [0, 0.1) is 5.92 Å². The summed E-state index contributed by atoms with van der Waals surface area (Å²) >= 11 is 3.42. The summed E-state index contributed by atoms with van der Waals surface area (Å²) in [4.78, 5) is 0. The van der Waals surface area contributed by atoms with Crippen LogP contribution in [0.2, 0.25) is 0 Å². The van der Waals surface area contributed by atoms with Gasteiger partial charge in [0.1, 0.15) is 0 Å². The van der Waals surface area contributed by atoms with Crippen molar-refractivity contribution in [3.8, 4) is 0 Å². The summed E-state index contributed by atoms with van der Waals surface area (Å²) < 4.78 is 29.6. The van der Waals surface area contributed by atoms with Crippen LogP contribution >= 0.6 is 15.9 Å². The second-order valence-electron chi connectivity index (χ2n) is 5.02. The Morgan fingerprint density at radius 1 is 1.40 bits per heavy atom. The highest BCUT2D eigenvalue weighted by Gasteiger charge is 2.27. The first-order valence-electron chi connectivity index (χ1n) is 6.71. The molecule has 1 aliphatic rings. The number of nitrogens with two attached hydrogens (primary N) is 1. The first-order valence-corrected chi connectivity index (χ1v) is 8.94. The highest BCUT2D eigenvalue weighted by molar-refractivity contribution is 9.10. The molecule has 0 bridgehead atoms. The van der Waals surface area contributed by atoms with E-state index >= 15 is 0 Å². The fourth-order valence-corrected chi connectivity index (χ4v) is 4.06. The maximum Gasteiger partial charge on any atom is 0.279 e. The average Bonchev–Trinajstić information content (AvgIpc) is 2.46. The van der Waals surface area contributed by atoms with Crippen LogP contribution in [0.25, 0.3) is 0 Å². The Balaban J connectivity index is 1.99. The number of nitrogens with one attached hydrogen (secondary N) is 1. The van der Waals surface area contributed by atoms with Gasteiger partial charge in [-0.1, -0.05) is 34.1 Å². The highest BCUT2D eigenvalue weighted by atomic mass is 79.9. The Labute approximate surface area is 128 Å². The maximum atomic E-state index is 12.3. The molecule has 1 heterocycles. The number of piperidine rings is 1. The van der Waals surface area contributed by atoms with E-state index in [4.69, 9.17) is 5.73 Å². The molecular formula is C13H20BrN3O2S. The van der Waals surface area contributed by atoms with Crippen molar-refractivity contribution in [1.82, 2.24) is 9.03 Å². The number of rotatable bonds is 5. The molecule has 3 N–H and O–H groups in total. The molecule has 1 saturated heterocycles. The molecule has 0 radical (unpaired) electrons. The predicted molar refractivity (Wildman–Crippen MR) is 83.3 cm³/mol. The zero-order valence-electron chi connectivity index (χ0n) is 11.3. The summed E-state index contributed by atoms with van der Waals surface area (Å²) in [6, 6.07) is 7.58. The van der Waals surface area contributed by atoms with Crippen LogP contribution in [-0.2, 0) is 16.8 Å². The van der Waals surface area contributed by atoms with E-state index in [9.17, 15) is 8.42 Å². The molecule has 0 aromatic heterocycles. The lowest BCUT2D eigenvalue weighted by molar-refractivity contribution is 0.268. The molecule has 112 valence electrons. The van der Waals surface area contributed by atoms with Crippen LogP contribution in [0.1, 0.15) is 18.4 Å². The fourth-order valence-electron chi connectivity index (χ4n) is 2.34. The van der Waals surface area contributed by atoms with Crippen molar-refractivity contribution in [3.05, 3.63) is 34.3 Å². The van der Waals surface area contributed by atoms with E-state index < -0.39 is 10.2 Å². The molecule has 1 unspecified atom stereocenters. The molecule has 0 saturated carbocycles. The van der Waals surface area contributed by atoms with Gasteiger partial charge in [-0.3, -0.25) is 0 Å². The largest absolute Gasteiger partial charge is 0.330 e. The zero-order chi connectivity index (χ0) is 14.6. The fraction of sp³-hybridized carbons (Fsp3) is 0.538. The number of halogens is 1. The van der Waals surface area contributed by atoms with Crippen molar-refractivity contribution in [2.45, 2.75) is 19.4 Å². The Morgan fingerprint density at radius 2 is 2.15 bits per heavy atom. The van der Waals surface area contributed by atoms with E-state index in [1.807, 2.05) is 24.3 Å². The minimum atomic E-state index is -3.43. The van der Waals surface area contributed by atoms with E-state index in [1.165, 1.54) is 4.31 Å². The summed E-state index contributed by atoms with van der Waals surface area (Å²) in [5, 5.41) is 0. The molecule has 1 aromatic carbocycles. The second-order valence-corrected chi connectivity index (χ2v) is 7.63. The lowest BCUT2D eigenvalue weighted by Gasteiger charge is -2.31. The van der Waals surface area contributed by atoms with Crippen LogP contribution < -0.4 is 10.5 Å². The molecule has 2 rings (SSSR count). The molecule has 7 heteroatoms. The van der Waals surface area contributed by atoms with Crippen LogP contribution in [0.4, 0.5) is 0 Å². The monoisotopic (exact) mass is 361 g/mol. The second kappa shape index (κ2) is 7.00. The van der Waals surface area contributed by atoms with Gasteiger partial charge in [-0.15, -0.1) is 0 Å². The first kappa shape index (κ1) is 15.9. The van der Waals surface area contributed by atoms with Crippen molar-refractivity contribution in [1.29, 1.82) is 0 Å². The van der Waals surface area contributed by atoms with Crippen LogP contribution in [0.15, 0.2) is 28.7 Å². The standard InChI is InChI=1S/C13H20BrN3O2S/c14-13-6-2-1-5-12(13)9-16-20(18,19)17-7-3-4-11(8-15)10-17/h1-2,5-6,11,16H,3-4,7-10,15H2. The topological polar surface area (TPSA) is 75.4 Å². The minimum Gasteiger partial charge on any atom is -0.330 e. The number of nitrogens with zero attached hydrogens (tertiary/aromatic N) is 1. The third-order valence-electron chi connectivity index (χ3n) is 3.56. The molecule has 0 spiro atoms. The number of benzene rings is 1. The molecule has 20 heavy (non-hydrogen) atoms. The van der Waals surface area contributed by atoms with Gasteiger partial charge in [0, 0.05) is 24.1 Å². The summed E-state index contributed by atoms with van der Waals surface area (Å²) in [7, 11) is -3.43. The van der Waals surface area contributed by atoms with Crippen LogP contribution in [0.3, 0.4) is 0 Å². The van der Waals surface area contributed by atoms with Crippen molar-refractivity contribution >= 4 is 26.1 Å². The molecule has 1 atom stereocenters. The van der Waals surface area contributed by atoms with Gasteiger partial charge in [-0.2, -0.15) is 17.4 Å². The van der Waals surface area contributed by atoms with Crippen molar-refractivity contribution in [3.63, 3.8) is 0 Å². The Morgan fingerprint density at radius 3 is 2.85 bits per heavy atom. The van der Waals surface area contributed by atoms with Gasteiger partial charge in [-0.05, 0) is 36.9 Å². The van der Waals surface area contributed by atoms with Gasteiger partial charge in [-0.25, -0.2) is 0 Å². The highest BCUT2D eigenvalue weighted by Crippen LogP contribution is 2.19. The number of hydrogen-bond donors (Lipinski definition) is 2. The zero-order valence-corrected chi connectivity index (χ0v) is 13.7. The lowest BCUT2D eigenvalue weighted by atomic mass is 10.0. The maximum absolute atomic E-state index is 12.3. The quantitative estimate of drug-likeness (QED) is 0.833. The van der Waals surface area contributed by atoms with Gasteiger partial charge in [0.25, 0.3) is 10.2 Å². The molecule has 1 aromatic rings. The van der Waals surface area contributed by atoms with E-state index in [0.717, 1.165) is 22.9 Å². The molecule has 0 amide bonds. The molecule has 5 nitrogen and oxygen atoms in total. The van der Waals surface area contributed by atoms with Crippen molar-refractivity contribution in [2.75, 3.05) is 19.6 Å². The SMILES string of the molecule is NCC1CCCN(S(=O)(=O)NCc2ccccc2Br)C1. The molecule has 0 aliphatic carbocycles. The smallest absolute Gasteiger partial charge is 0.279 e. The third-order valence-corrected chi connectivity index (χ3v) is 5.85. The van der Waals surface area contributed by atoms with Gasteiger partial charge in [0.15, 0.2) is 0 Å². The summed E-state index contributed by atoms with van der Waals surface area (Å²) in [5.41, 5.74) is 6.57. The first-order chi connectivity index (χ1) is 9.53. The minimum absolute atomic E-state index is 0.267. The Hall–Kier alpha value is -0.470. The number of hydrogen-bond acceptors (Lipinski definition) is 3. The van der Waals surface area contributed by atoms with Crippen molar-refractivity contribution in [2.24, 2.45) is 11.7 Å². The summed E-state index contributed by atoms with van der Waals surface area (Å²) in [6.45, 7) is 1.91.